The van der Waals surface area contributed by atoms with Gasteiger partial charge in [0.15, 0.2) is 0 Å². The zero-order valence-electron chi connectivity index (χ0n) is 16.9. The van der Waals surface area contributed by atoms with Gasteiger partial charge in [-0.25, -0.2) is 4.90 Å². The monoisotopic (exact) mass is 430 g/mol. The van der Waals surface area contributed by atoms with Crippen LogP contribution in [-0.2, 0) is 9.59 Å². The lowest BCUT2D eigenvalue weighted by Gasteiger charge is -2.16. The lowest BCUT2D eigenvalue weighted by Crippen LogP contribution is -2.31. The lowest BCUT2D eigenvalue weighted by atomic mass is 10.1. The van der Waals surface area contributed by atoms with Crippen molar-refractivity contribution in [2.24, 2.45) is 0 Å². The molecule has 3 aromatic rings. The van der Waals surface area contributed by atoms with Crippen LogP contribution in [0.5, 0.6) is 0 Å². The predicted octanol–water partition coefficient (Wildman–Crippen LogP) is 5.29. The molecule has 0 N–H and O–H groups in total. The molecule has 0 aliphatic carbocycles. The van der Waals surface area contributed by atoms with E-state index >= 15 is 0 Å². The number of hydrogen-bond donors (Lipinski definition) is 0. The van der Waals surface area contributed by atoms with Gasteiger partial charge in [0.25, 0.3) is 17.5 Å². The van der Waals surface area contributed by atoms with Crippen molar-refractivity contribution in [3.8, 4) is 0 Å². The molecule has 0 saturated heterocycles. The molecule has 154 valence electrons. The highest BCUT2D eigenvalue weighted by Crippen LogP contribution is 2.41. The molecule has 0 saturated carbocycles. The Morgan fingerprint density at radius 1 is 0.839 bits per heavy atom. The standard InChI is InChI=1S/C24H18N2O4S/c1-15-12-16(2)14-19(13-15)25-23(27)21(17-8-10-18(11-9-17)26(29)30)22(24(25)28)31-20-6-4-3-5-7-20/h3-14H,1-2H3. The maximum absolute atomic E-state index is 13.5. The SMILES string of the molecule is Cc1cc(C)cc(N2C(=O)C(Sc3ccccc3)=C(c3ccc([N+](=O)[O-])cc3)C2=O)c1. The fourth-order valence-electron chi connectivity index (χ4n) is 3.53. The Bertz CT molecular complexity index is 1210. The van der Waals surface area contributed by atoms with Crippen molar-refractivity contribution in [1.82, 2.24) is 0 Å². The number of thioether (sulfide) groups is 1. The molecule has 0 atom stereocenters. The Hall–Kier alpha value is -3.71. The number of nitrogens with zero attached hydrogens (tertiary/aromatic N) is 2. The van der Waals surface area contributed by atoms with Gasteiger partial charge in [0.1, 0.15) is 0 Å². The van der Waals surface area contributed by atoms with Gasteiger partial charge in [-0.15, -0.1) is 0 Å². The van der Waals surface area contributed by atoms with Crippen molar-refractivity contribution < 1.29 is 14.5 Å². The van der Waals surface area contributed by atoms with Gasteiger partial charge in [-0.3, -0.25) is 19.7 Å². The summed E-state index contributed by atoms with van der Waals surface area (Å²) in [5.74, 6) is -0.848. The Kier molecular flexibility index (Phi) is 5.44. The van der Waals surface area contributed by atoms with E-state index in [9.17, 15) is 19.7 Å². The summed E-state index contributed by atoms with van der Waals surface area (Å²) in [7, 11) is 0. The molecule has 0 aromatic heterocycles. The van der Waals surface area contributed by atoms with E-state index < -0.39 is 16.7 Å². The van der Waals surface area contributed by atoms with Crippen molar-refractivity contribution in [3.05, 3.63) is 105 Å². The van der Waals surface area contributed by atoms with Crippen LogP contribution in [0.25, 0.3) is 5.57 Å². The minimum atomic E-state index is -0.499. The fourth-order valence-corrected chi connectivity index (χ4v) is 4.54. The number of nitro groups is 1. The Morgan fingerprint density at radius 2 is 1.45 bits per heavy atom. The van der Waals surface area contributed by atoms with Crippen LogP contribution in [0.1, 0.15) is 16.7 Å². The van der Waals surface area contributed by atoms with Gasteiger partial charge < -0.3 is 0 Å². The molecule has 31 heavy (non-hydrogen) atoms. The van der Waals surface area contributed by atoms with Gasteiger partial charge >= 0.3 is 0 Å². The van der Waals surface area contributed by atoms with Crippen LogP contribution < -0.4 is 4.90 Å². The summed E-state index contributed by atoms with van der Waals surface area (Å²) in [5.41, 5.74) is 3.02. The summed E-state index contributed by atoms with van der Waals surface area (Å²) in [5, 5.41) is 11.0. The number of non-ortho nitro benzene ring substituents is 1. The number of hydrogen-bond acceptors (Lipinski definition) is 5. The Labute approximate surface area is 183 Å². The van der Waals surface area contributed by atoms with Crippen LogP contribution >= 0.6 is 11.8 Å². The van der Waals surface area contributed by atoms with Crippen LogP contribution in [0, 0.1) is 24.0 Å². The summed E-state index contributed by atoms with van der Waals surface area (Å²) in [4.78, 5) is 39.7. The molecular weight excluding hydrogens is 412 g/mol. The second-order valence-electron chi connectivity index (χ2n) is 7.21. The summed E-state index contributed by atoms with van der Waals surface area (Å²) < 4.78 is 0. The van der Waals surface area contributed by atoms with E-state index in [4.69, 9.17) is 0 Å². The average molecular weight is 430 g/mol. The Morgan fingerprint density at radius 3 is 2.03 bits per heavy atom. The zero-order valence-corrected chi connectivity index (χ0v) is 17.7. The molecule has 7 heteroatoms. The summed E-state index contributed by atoms with van der Waals surface area (Å²) >= 11 is 1.22. The number of benzene rings is 3. The normalized spacial score (nSPS) is 13.8. The molecule has 0 bridgehead atoms. The Balaban J connectivity index is 1.83. The van der Waals surface area contributed by atoms with Crippen molar-refractivity contribution in [2.45, 2.75) is 18.7 Å². The van der Waals surface area contributed by atoms with Crippen LogP contribution in [0.15, 0.2) is 82.6 Å². The number of carbonyl (C=O) groups excluding carboxylic acids is 2. The third-order valence-corrected chi connectivity index (χ3v) is 5.93. The van der Waals surface area contributed by atoms with Crippen molar-refractivity contribution in [2.75, 3.05) is 4.90 Å². The first kappa shape index (κ1) is 20.6. The minimum Gasteiger partial charge on any atom is -0.268 e. The van der Waals surface area contributed by atoms with Gasteiger partial charge in [-0.05, 0) is 66.9 Å². The number of carbonyl (C=O) groups is 2. The molecule has 0 spiro atoms. The van der Waals surface area contributed by atoms with Crippen molar-refractivity contribution in [1.29, 1.82) is 0 Å². The van der Waals surface area contributed by atoms with Crippen molar-refractivity contribution >= 4 is 40.5 Å². The maximum Gasteiger partial charge on any atom is 0.272 e. The number of amides is 2. The van der Waals surface area contributed by atoms with Crippen LogP contribution in [0.3, 0.4) is 0 Å². The third kappa shape index (κ3) is 4.00. The highest BCUT2D eigenvalue weighted by molar-refractivity contribution is 8.04. The number of anilines is 1. The van der Waals surface area contributed by atoms with Gasteiger partial charge in [-0.1, -0.05) is 36.0 Å². The molecule has 6 nitrogen and oxygen atoms in total. The molecule has 1 heterocycles. The molecule has 3 aromatic carbocycles. The second kappa shape index (κ2) is 8.20. The number of nitro benzene ring substituents is 1. The van der Waals surface area contributed by atoms with E-state index in [2.05, 4.69) is 0 Å². The van der Waals surface area contributed by atoms with E-state index in [1.54, 1.807) is 12.1 Å². The lowest BCUT2D eigenvalue weighted by molar-refractivity contribution is -0.384. The third-order valence-electron chi connectivity index (χ3n) is 4.84. The smallest absolute Gasteiger partial charge is 0.268 e. The molecule has 4 rings (SSSR count). The predicted molar refractivity (Wildman–Crippen MR) is 121 cm³/mol. The largest absolute Gasteiger partial charge is 0.272 e. The fraction of sp³-hybridized carbons (Fsp3) is 0.0833. The molecule has 0 fully saturated rings. The van der Waals surface area contributed by atoms with Gasteiger partial charge in [0.05, 0.1) is 21.1 Å². The summed E-state index contributed by atoms with van der Waals surface area (Å²) in [6, 6.07) is 20.6. The molecule has 0 unspecified atom stereocenters. The number of imide groups is 1. The zero-order chi connectivity index (χ0) is 22.1. The van der Waals surface area contributed by atoms with E-state index in [-0.39, 0.29) is 11.3 Å². The molecule has 1 aliphatic heterocycles. The van der Waals surface area contributed by atoms with Crippen molar-refractivity contribution in [3.63, 3.8) is 0 Å². The summed E-state index contributed by atoms with van der Waals surface area (Å²) in [6.07, 6.45) is 0. The van der Waals surface area contributed by atoms with Gasteiger partial charge in [0, 0.05) is 17.0 Å². The molecule has 1 aliphatic rings. The molecule has 0 radical (unpaired) electrons. The number of aryl methyl sites for hydroxylation is 2. The molecule has 2 amide bonds. The van der Waals surface area contributed by atoms with E-state index in [1.807, 2.05) is 50.2 Å². The van der Waals surface area contributed by atoms with E-state index in [0.29, 0.717) is 16.2 Å². The van der Waals surface area contributed by atoms with Crippen LogP contribution in [-0.4, -0.2) is 16.7 Å². The van der Waals surface area contributed by atoms with Gasteiger partial charge in [-0.2, -0.15) is 0 Å². The first-order valence-corrected chi connectivity index (χ1v) is 10.4. The summed E-state index contributed by atoms with van der Waals surface area (Å²) in [6.45, 7) is 3.82. The molecular formula is C24H18N2O4S. The highest BCUT2D eigenvalue weighted by Gasteiger charge is 2.40. The quantitative estimate of drug-likeness (QED) is 0.312. The average Bonchev–Trinajstić information content (AvgIpc) is 2.97. The first-order valence-electron chi connectivity index (χ1n) is 9.54. The minimum absolute atomic E-state index is 0.0791. The van der Waals surface area contributed by atoms with Crippen LogP contribution in [0.4, 0.5) is 11.4 Å². The highest BCUT2D eigenvalue weighted by atomic mass is 32.2. The first-order chi connectivity index (χ1) is 14.8. The van der Waals surface area contributed by atoms with E-state index in [0.717, 1.165) is 16.0 Å². The topological polar surface area (TPSA) is 80.5 Å². The second-order valence-corrected chi connectivity index (χ2v) is 8.30. The van der Waals surface area contributed by atoms with E-state index in [1.165, 1.54) is 40.9 Å². The number of rotatable bonds is 5. The maximum atomic E-state index is 13.5. The van der Waals surface area contributed by atoms with Gasteiger partial charge in [0.2, 0.25) is 0 Å². The van der Waals surface area contributed by atoms with Crippen LogP contribution in [0.2, 0.25) is 0 Å².